The van der Waals surface area contributed by atoms with Crippen molar-refractivity contribution in [2.75, 3.05) is 13.6 Å². The maximum atomic E-state index is 5.86. The SMILES string of the molecule is CNCC(OCc1ccco1)c1ccccc1. The third-order valence-electron chi connectivity index (χ3n) is 2.57. The average Bonchev–Trinajstić information content (AvgIpc) is 2.88. The molecule has 3 nitrogen and oxygen atoms in total. The molecule has 0 aliphatic heterocycles. The van der Waals surface area contributed by atoms with Crippen LogP contribution in [-0.4, -0.2) is 13.6 Å². The van der Waals surface area contributed by atoms with Gasteiger partial charge in [-0.3, -0.25) is 0 Å². The normalized spacial score (nSPS) is 12.5. The zero-order chi connectivity index (χ0) is 11.9. The molecule has 0 fully saturated rings. The van der Waals surface area contributed by atoms with Gasteiger partial charge in [0, 0.05) is 6.54 Å². The maximum Gasteiger partial charge on any atom is 0.129 e. The molecule has 1 unspecified atom stereocenters. The molecule has 1 aromatic carbocycles. The molecule has 0 aliphatic carbocycles. The van der Waals surface area contributed by atoms with E-state index in [4.69, 9.17) is 9.15 Å². The fourth-order valence-corrected chi connectivity index (χ4v) is 1.70. The number of ether oxygens (including phenoxy) is 1. The number of hydrogen-bond acceptors (Lipinski definition) is 3. The smallest absolute Gasteiger partial charge is 0.129 e. The van der Waals surface area contributed by atoms with Gasteiger partial charge in [0.1, 0.15) is 12.4 Å². The Bertz CT molecular complexity index is 411. The van der Waals surface area contributed by atoms with Crippen LogP contribution >= 0.6 is 0 Å². The van der Waals surface area contributed by atoms with Crippen molar-refractivity contribution >= 4 is 0 Å². The first-order chi connectivity index (χ1) is 8.40. The predicted molar refractivity (Wildman–Crippen MR) is 66.6 cm³/mol. The molecule has 1 heterocycles. The largest absolute Gasteiger partial charge is 0.467 e. The summed E-state index contributed by atoms with van der Waals surface area (Å²) in [6, 6.07) is 14.0. The lowest BCUT2D eigenvalue weighted by Crippen LogP contribution is -2.19. The lowest BCUT2D eigenvalue weighted by atomic mass is 10.1. The Balaban J connectivity index is 1.98. The number of benzene rings is 1. The van der Waals surface area contributed by atoms with Crippen LogP contribution in [0.1, 0.15) is 17.4 Å². The molecule has 0 amide bonds. The zero-order valence-electron chi connectivity index (χ0n) is 9.93. The van der Waals surface area contributed by atoms with E-state index in [1.807, 2.05) is 37.4 Å². The van der Waals surface area contributed by atoms with E-state index in [0.717, 1.165) is 12.3 Å². The number of nitrogens with one attached hydrogen (secondary N) is 1. The van der Waals surface area contributed by atoms with Crippen LogP contribution in [0.3, 0.4) is 0 Å². The van der Waals surface area contributed by atoms with Crippen molar-refractivity contribution in [2.45, 2.75) is 12.7 Å². The van der Waals surface area contributed by atoms with E-state index in [9.17, 15) is 0 Å². The highest BCUT2D eigenvalue weighted by Crippen LogP contribution is 2.18. The first kappa shape index (κ1) is 11.9. The molecule has 0 saturated heterocycles. The summed E-state index contributed by atoms with van der Waals surface area (Å²) in [6.07, 6.45) is 1.71. The predicted octanol–water partition coefficient (Wildman–Crippen LogP) is 2.76. The molecule has 3 heteroatoms. The second-order valence-electron chi connectivity index (χ2n) is 3.85. The van der Waals surface area contributed by atoms with E-state index >= 15 is 0 Å². The lowest BCUT2D eigenvalue weighted by molar-refractivity contribution is 0.0313. The van der Waals surface area contributed by atoms with Crippen LogP contribution in [0.2, 0.25) is 0 Å². The molecule has 1 N–H and O–H groups in total. The number of rotatable bonds is 6. The topological polar surface area (TPSA) is 34.4 Å². The standard InChI is InChI=1S/C14H17NO2/c1-15-10-14(12-6-3-2-4-7-12)17-11-13-8-5-9-16-13/h2-9,14-15H,10-11H2,1H3. The average molecular weight is 231 g/mol. The summed E-state index contributed by atoms with van der Waals surface area (Å²) in [5.74, 6) is 0.849. The van der Waals surface area contributed by atoms with Crippen LogP contribution < -0.4 is 5.32 Å². The second kappa shape index (κ2) is 6.23. The highest BCUT2D eigenvalue weighted by atomic mass is 16.5. The molecular formula is C14H17NO2. The Morgan fingerprint density at radius 2 is 2.00 bits per heavy atom. The molecule has 0 spiro atoms. The molecule has 2 rings (SSSR count). The second-order valence-corrected chi connectivity index (χ2v) is 3.85. The van der Waals surface area contributed by atoms with E-state index in [-0.39, 0.29) is 6.10 Å². The summed E-state index contributed by atoms with van der Waals surface area (Å²) in [6.45, 7) is 1.28. The number of likely N-dealkylation sites (N-methyl/N-ethyl adjacent to an activating group) is 1. The van der Waals surface area contributed by atoms with E-state index in [0.29, 0.717) is 6.61 Å². The van der Waals surface area contributed by atoms with Crippen molar-refractivity contribution in [3.63, 3.8) is 0 Å². The van der Waals surface area contributed by atoms with E-state index in [2.05, 4.69) is 17.4 Å². The molecule has 2 aromatic rings. The molecular weight excluding hydrogens is 214 g/mol. The molecule has 0 aliphatic rings. The van der Waals surface area contributed by atoms with Gasteiger partial charge >= 0.3 is 0 Å². The van der Waals surface area contributed by atoms with Crippen molar-refractivity contribution in [1.82, 2.24) is 5.32 Å². The van der Waals surface area contributed by atoms with E-state index < -0.39 is 0 Å². The minimum absolute atomic E-state index is 0.0475. The summed E-state index contributed by atoms with van der Waals surface area (Å²) in [4.78, 5) is 0. The number of hydrogen-bond donors (Lipinski definition) is 1. The quantitative estimate of drug-likeness (QED) is 0.830. The summed E-state index contributed by atoms with van der Waals surface area (Å²) in [5, 5.41) is 3.14. The lowest BCUT2D eigenvalue weighted by Gasteiger charge is -2.17. The van der Waals surface area contributed by atoms with Crippen molar-refractivity contribution in [2.24, 2.45) is 0 Å². The van der Waals surface area contributed by atoms with Gasteiger partial charge in [-0.15, -0.1) is 0 Å². The molecule has 1 aromatic heterocycles. The van der Waals surface area contributed by atoms with E-state index in [1.54, 1.807) is 6.26 Å². The van der Waals surface area contributed by atoms with Crippen LogP contribution in [0, 0.1) is 0 Å². The van der Waals surface area contributed by atoms with Gasteiger partial charge in [-0.25, -0.2) is 0 Å². The molecule has 0 bridgehead atoms. The zero-order valence-corrected chi connectivity index (χ0v) is 9.93. The summed E-state index contributed by atoms with van der Waals surface area (Å²) in [5.41, 5.74) is 1.17. The van der Waals surface area contributed by atoms with Crippen molar-refractivity contribution in [1.29, 1.82) is 0 Å². The molecule has 17 heavy (non-hydrogen) atoms. The van der Waals surface area contributed by atoms with Gasteiger partial charge in [0.15, 0.2) is 0 Å². The first-order valence-electron chi connectivity index (χ1n) is 5.73. The Labute approximate surface area is 101 Å². The van der Waals surface area contributed by atoms with Crippen molar-refractivity contribution in [3.05, 3.63) is 60.1 Å². The van der Waals surface area contributed by atoms with Crippen LogP contribution in [0.5, 0.6) is 0 Å². The first-order valence-corrected chi connectivity index (χ1v) is 5.73. The van der Waals surface area contributed by atoms with Gasteiger partial charge in [-0.05, 0) is 24.7 Å². The van der Waals surface area contributed by atoms with Gasteiger partial charge in [0.25, 0.3) is 0 Å². The monoisotopic (exact) mass is 231 g/mol. The summed E-state index contributed by atoms with van der Waals surface area (Å²) >= 11 is 0. The van der Waals surface area contributed by atoms with Gasteiger partial charge < -0.3 is 14.5 Å². The fraction of sp³-hybridized carbons (Fsp3) is 0.286. The minimum atomic E-state index is 0.0475. The molecule has 1 atom stereocenters. The number of furan rings is 1. The Kier molecular flexibility index (Phi) is 4.36. The van der Waals surface area contributed by atoms with E-state index in [1.165, 1.54) is 5.56 Å². The van der Waals surface area contributed by atoms with Crippen molar-refractivity contribution in [3.8, 4) is 0 Å². The Morgan fingerprint density at radius 1 is 1.18 bits per heavy atom. The van der Waals surface area contributed by atoms with Gasteiger partial charge in [-0.2, -0.15) is 0 Å². The highest BCUT2D eigenvalue weighted by molar-refractivity contribution is 5.18. The summed E-state index contributed by atoms with van der Waals surface area (Å²) < 4.78 is 11.1. The van der Waals surface area contributed by atoms with Crippen molar-refractivity contribution < 1.29 is 9.15 Å². The maximum absolute atomic E-state index is 5.86. The van der Waals surface area contributed by atoms with Gasteiger partial charge in [-0.1, -0.05) is 30.3 Å². The molecule has 90 valence electrons. The van der Waals surface area contributed by atoms with Crippen LogP contribution in [0.15, 0.2) is 53.1 Å². The third kappa shape index (κ3) is 3.44. The van der Waals surface area contributed by atoms with Gasteiger partial charge in [0.05, 0.1) is 12.4 Å². The summed E-state index contributed by atoms with van der Waals surface area (Å²) in [7, 11) is 1.92. The van der Waals surface area contributed by atoms with Crippen LogP contribution in [-0.2, 0) is 11.3 Å². The fourth-order valence-electron chi connectivity index (χ4n) is 1.70. The van der Waals surface area contributed by atoms with Gasteiger partial charge in [0.2, 0.25) is 0 Å². The Hall–Kier alpha value is -1.58. The highest BCUT2D eigenvalue weighted by Gasteiger charge is 2.11. The van der Waals surface area contributed by atoms with Crippen LogP contribution in [0.4, 0.5) is 0 Å². The van der Waals surface area contributed by atoms with Crippen LogP contribution in [0.25, 0.3) is 0 Å². The minimum Gasteiger partial charge on any atom is -0.467 e. The molecule has 0 radical (unpaired) electrons. The third-order valence-corrected chi connectivity index (χ3v) is 2.57. The molecule has 0 saturated carbocycles. The Morgan fingerprint density at radius 3 is 2.65 bits per heavy atom.